The van der Waals surface area contributed by atoms with Gasteiger partial charge in [0.1, 0.15) is 5.82 Å². The predicted molar refractivity (Wildman–Crippen MR) is 77.9 cm³/mol. The molecule has 1 aliphatic heterocycles. The standard InChI is InChI=1S/C15H15F2N3OS/c16-9-3-1-2-8(4-9)13-7-12(17)14-18-15(19-20(13)14)22-11-5-10(21)6-11/h1-4,10-13,21H,5-7H2/t10-,11+,12-,13-/m0/s1. The quantitative estimate of drug-likeness (QED) is 0.943. The van der Waals surface area contributed by atoms with E-state index in [1.54, 1.807) is 16.8 Å². The van der Waals surface area contributed by atoms with Gasteiger partial charge in [0.2, 0.25) is 5.16 Å². The zero-order valence-corrected chi connectivity index (χ0v) is 12.5. The van der Waals surface area contributed by atoms with Crippen molar-refractivity contribution >= 4 is 11.8 Å². The molecular weight excluding hydrogens is 308 g/mol. The maximum absolute atomic E-state index is 14.2. The summed E-state index contributed by atoms with van der Waals surface area (Å²) in [4.78, 5) is 4.28. The predicted octanol–water partition coefficient (Wildman–Crippen LogP) is 3.04. The Bertz CT molecular complexity index is 702. The SMILES string of the molecule is O[C@H]1C[C@@H](Sc2nc3n(n2)[C@H](c2cccc(F)c2)C[C@@H]3F)C1. The van der Waals surface area contributed by atoms with Crippen molar-refractivity contribution in [3.8, 4) is 0 Å². The zero-order chi connectivity index (χ0) is 15.3. The Morgan fingerprint density at radius 3 is 2.82 bits per heavy atom. The number of thioether (sulfide) groups is 1. The molecule has 2 atom stereocenters. The molecule has 0 amide bonds. The highest BCUT2D eigenvalue weighted by Crippen LogP contribution is 2.42. The molecule has 116 valence electrons. The van der Waals surface area contributed by atoms with Gasteiger partial charge in [-0.05, 0) is 30.5 Å². The van der Waals surface area contributed by atoms with Crippen LogP contribution in [0.2, 0.25) is 0 Å². The van der Waals surface area contributed by atoms with Crippen LogP contribution in [0.25, 0.3) is 0 Å². The van der Waals surface area contributed by atoms with Crippen LogP contribution in [0.3, 0.4) is 0 Å². The molecule has 0 bridgehead atoms. The molecular formula is C15H15F2N3OS. The van der Waals surface area contributed by atoms with E-state index < -0.39 is 6.17 Å². The highest BCUT2D eigenvalue weighted by Gasteiger charge is 2.37. The number of alkyl halides is 1. The number of benzene rings is 1. The molecule has 1 N–H and O–H groups in total. The fourth-order valence-electron chi connectivity index (χ4n) is 2.98. The van der Waals surface area contributed by atoms with Crippen LogP contribution in [0.15, 0.2) is 29.4 Å². The zero-order valence-electron chi connectivity index (χ0n) is 11.7. The number of nitrogens with zero attached hydrogens (tertiary/aromatic N) is 3. The number of fused-ring (bicyclic) bond motifs is 1. The molecule has 1 fully saturated rings. The summed E-state index contributed by atoms with van der Waals surface area (Å²) in [5.41, 5.74) is 0.710. The van der Waals surface area contributed by atoms with Gasteiger partial charge in [0.15, 0.2) is 12.0 Å². The fraction of sp³-hybridized carbons (Fsp3) is 0.467. The van der Waals surface area contributed by atoms with Crippen LogP contribution in [0, 0.1) is 5.82 Å². The lowest BCUT2D eigenvalue weighted by atomic mass is 9.96. The smallest absolute Gasteiger partial charge is 0.209 e. The van der Waals surface area contributed by atoms with E-state index in [9.17, 15) is 13.9 Å². The first kappa shape index (κ1) is 14.1. The fourth-order valence-corrected chi connectivity index (χ4v) is 4.20. The molecule has 7 heteroatoms. The summed E-state index contributed by atoms with van der Waals surface area (Å²) in [6, 6.07) is 5.89. The van der Waals surface area contributed by atoms with Gasteiger partial charge < -0.3 is 5.11 Å². The summed E-state index contributed by atoms with van der Waals surface area (Å²) < 4.78 is 29.2. The van der Waals surface area contributed by atoms with Crippen LogP contribution < -0.4 is 0 Å². The van der Waals surface area contributed by atoms with Gasteiger partial charge in [-0.15, -0.1) is 5.10 Å². The second-order valence-corrected chi connectivity index (χ2v) is 7.10. The molecule has 1 aliphatic carbocycles. The lowest BCUT2D eigenvalue weighted by Gasteiger charge is -2.29. The van der Waals surface area contributed by atoms with Crippen molar-refractivity contribution < 1.29 is 13.9 Å². The normalized spacial score (nSPS) is 30.1. The lowest BCUT2D eigenvalue weighted by Crippen LogP contribution is -2.30. The van der Waals surface area contributed by atoms with Crippen molar-refractivity contribution in [2.24, 2.45) is 0 Å². The third-order valence-electron chi connectivity index (χ3n) is 4.22. The van der Waals surface area contributed by atoms with Crippen molar-refractivity contribution in [3.05, 3.63) is 41.5 Å². The maximum Gasteiger partial charge on any atom is 0.209 e. The Morgan fingerprint density at radius 1 is 1.27 bits per heavy atom. The molecule has 0 spiro atoms. The van der Waals surface area contributed by atoms with Gasteiger partial charge in [0.05, 0.1) is 12.1 Å². The molecule has 0 radical (unpaired) electrons. The summed E-state index contributed by atoms with van der Waals surface area (Å²) in [6.07, 6.45) is 0.274. The molecule has 0 saturated heterocycles. The monoisotopic (exact) mass is 323 g/mol. The van der Waals surface area contributed by atoms with Crippen LogP contribution in [-0.4, -0.2) is 31.2 Å². The second kappa shape index (κ2) is 5.31. The van der Waals surface area contributed by atoms with Crippen LogP contribution in [-0.2, 0) is 0 Å². The van der Waals surface area contributed by atoms with Gasteiger partial charge >= 0.3 is 0 Å². The van der Waals surface area contributed by atoms with E-state index in [0.29, 0.717) is 21.8 Å². The van der Waals surface area contributed by atoms with Gasteiger partial charge in [-0.2, -0.15) is 0 Å². The van der Waals surface area contributed by atoms with E-state index in [-0.39, 0.29) is 24.4 Å². The molecule has 2 aromatic rings. The number of rotatable bonds is 3. The van der Waals surface area contributed by atoms with Crippen molar-refractivity contribution in [2.45, 2.75) is 48.0 Å². The van der Waals surface area contributed by atoms with Gasteiger partial charge in [0.25, 0.3) is 0 Å². The van der Waals surface area contributed by atoms with Crippen LogP contribution >= 0.6 is 11.8 Å². The largest absolute Gasteiger partial charge is 0.393 e. The third-order valence-corrected chi connectivity index (χ3v) is 5.32. The first-order valence-electron chi connectivity index (χ1n) is 7.31. The molecule has 4 nitrogen and oxygen atoms in total. The van der Waals surface area contributed by atoms with E-state index in [1.807, 2.05) is 0 Å². The molecule has 0 unspecified atom stereocenters. The van der Waals surface area contributed by atoms with E-state index in [4.69, 9.17) is 0 Å². The Kier molecular flexibility index (Phi) is 3.41. The highest BCUT2D eigenvalue weighted by atomic mass is 32.2. The molecule has 2 heterocycles. The first-order valence-corrected chi connectivity index (χ1v) is 8.19. The minimum atomic E-state index is -1.18. The Labute approximate surface area is 130 Å². The van der Waals surface area contributed by atoms with Gasteiger partial charge in [-0.25, -0.2) is 18.4 Å². The number of halogens is 2. The Morgan fingerprint density at radius 2 is 2.09 bits per heavy atom. The summed E-state index contributed by atoms with van der Waals surface area (Å²) in [7, 11) is 0. The minimum Gasteiger partial charge on any atom is -0.393 e. The Hall–Kier alpha value is -1.47. The molecule has 22 heavy (non-hydrogen) atoms. The highest BCUT2D eigenvalue weighted by molar-refractivity contribution is 7.99. The van der Waals surface area contributed by atoms with Crippen LogP contribution in [0.5, 0.6) is 0 Å². The summed E-state index contributed by atoms with van der Waals surface area (Å²) in [6.45, 7) is 0. The van der Waals surface area contributed by atoms with Gasteiger partial charge in [-0.1, -0.05) is 23.9 Å². The molecule has 1 aromatic carbocycles. The summed E-state index contributed by atoms with van der Waals surface area (Å²) in [5, 5.41) is 14.6. The lowest BCUT2D eigenvalue weighted by molar-refractivity contribution is 0.101. The van der Waals surface area contributed by atoms with Crippen LogP contribution in [0.1, 0.15) is 42.9 Å². The third kappa shape index (κ3) is 2.42. The average Bonchev–Trinajstić information content (AvgIpc) is 2.98. The summed E-state index contributed by atoms with van der Waals surface area (Å²) in [5.74, 6) is -0.0174. The molecule has 2 aliphatic rings. The number of hydrogen-bond acceptors (Lipinski definition) is 4. The molecule has 1 saturated carbocycles. The molecule has 4 rings (SSSR count). The van der Waals surface area contributed by atoms with E-state index >= 15 is 0 Å². The van der Waals surface area contributed by atoms with Crippen molar-refractivity contribution in [3.63, 3.8) is 0 Å². The topological polar surface area (TPSA) is 50.9 Å². The van der Waals surface area contributed by atoms with Crippen LogP contribution in [0.4, 0.5) is 8.78 Å². The summed E-state index contributed by atoms with van der Waals surface area (Å²) >= 11 is 1.48. The minimum absolute atomic E-state index is 0.235. The van der Waals surface area contributed by atoms with Crippen molar-refractivity contribution in [2.75, 3.05) is 0 Å². The molecule has 1 aromatic heterocycles. The number of aliphatic hydroxyl groups excluding tert-OH is 1. The van der Waals surface area contributed by atoms with E-state index in [0.717, 1.165) is 12.8 Å². The van der Waals surface area contributed by atoms with Gasteiger partial charge in [-0.3, -0.25) is 0 Å². The van der Waals surface area contributed by atoms with Crippen molar-refractivity contribution in [1.29, 1.82) is 0 Å². The number of aromatic nitrogens is 3. The number of hydrogen-bond donors (Lipinski definition) is 1. The van der Waals surface area contributed by atoms with E-state index in [1.165, 1.54) is 23.9 Å². The van der Waals surface area contributed by atoms with Crippen molar-refractivity contribution in [1.82, 2.24) is 14.8 Å². The number of aliphatic hydroxyl groups is 1. The Balaban J connectivity index is 1.60. The average molecular weight is 323 g/mol. The van der Waals surface area contributed by atoms with E-state index in [2.05, 4.69) is 10.1 Å². The second-order valence-electron chi connectivity index (χ2n) is 5.84. The van der Waals surface area contributed by atoms with Gasteiger partial charge in [0, 0.05) is 11.7 Å². The first-order chi connectivity index (χ1) is 10.6. The maximum atomic E-state index is 14.2.